The molecule has 3 nitrogen and oxygen atoms in total. The van der Waals surface area contributed by atoms with Gasteiger partial charge in [0.05, 0.1) is 27.9 Å². The molecule has 0 aliphatic heterocycles. The Kier molecular flexibility index (Phi) is 3.80. The van der Waals surface area contributed by atoms with Gasteiger partial charge in [-0.25, -0.2) is 9.97 Å². The number of hydrogen-bond acceptors (Lipinski definition) is 5. The lowest BCUT2D eigenvalue weighted by molar-refractivity contribution is 0.850. The topological polar surface area (TPSA) is 37.8 Å². The van der Waals surface area contributed by atoms with Gasteiger partial charge in [-0.1, -0.05) is 12.1 Å². The Morgan fingerprint density at radius 1 is 1.15 bits per heavy atom. The van der Waals surface area contributed by atoms with E-state index in [4.69, 9.17) is 0 Å². The molecule has 5 heteroatoms. The van der Waals surface area contributed by atoms with Crippen LogP contribution in [0.25, 0.3) is 11.3 Å². The Morgan fingerprint density at radius 3 is 2.55 bits per heavy atom. The summed E-state index contributed by atoms with van der Waals surface area (Å²) in [4.78, 5) is 8.83. The summed E-state index contributed by atoms with van der Waals surface area (Å²) in [5.41, 5.74) is 6.24. The number of rotatable bonds is 4. The highest BCUT2D eigenvalue weighted by Gasteiger charge is 2.07. The van der Waals surface area contributed by atoms with Crippen LogP contribution in [-0.4, -0.2) is 9.97 Å². The van der Waals surface area contributed by atoms with Gasteiger partial charge in [0.1, 0.15) is 0 Å². The van der Waals surface area contributed by atoms with E-state index in [9.17, 15) is 0 Å². The third-order valence-electron chi connectivity index (χ3n) is 3.08. The van der Waals surface area contributed by atoms with Gasteiger partial charge in [0.25, 0.3) is 0 Å². The Morgan fingerprint density at radius 2 is 1.95 bits per heavy atom. The zero-order chi connectivity index (χ0) is 13.9. The highest BCUT2D eigenvalue weighted by Crippen LogP contribution is 2.25. The van der Waals surface area contributed by atoms with Crippen molar-refractivity contribution in [1.29, 1.82) is 0 Å². The smallest absolute Gasteiger partial charge is 0.0901 e. The molecule has 1 atom stereocenters. The van der Waals surface area contributed by atoms with Gasteiger partial charge < -0.3 is 5.32 Å². The molecule has 0 saturated heterocycles. The minimum absolute atomic E-state index is 0.216. The molecule has 0 aliphatic carbocycles. The van der Waals surface area contributed by atoms with E-state index in [0.29, 0.717) is 0 Å². The van der Waals surface area contributed by atoms with Crippen LogP contribution < -0.4 is 5.32 Å². The van der Waals surface area contributed by atoms with Gasteiger partial charge in [0.15, 0.2) is 0 Å². The van der Waals surface area contributed by atoms with Crippen molar-refractivity contribution < 1.29 is 0 Å². The van der Waals surface area contributed by atoms with Gasteiger partial charge in [0.2, 0.25) is 0 Å². The van der Waals surface area contributed by atoms with Crippen LogP contribution in [0.3, 0.4) is 0 Å². The number of anilines is 1. The summed E-state index contributed by atoms with van der Waals surface area (Å²) in [6, 6.07) is 8.60. The lowest BCUT2D eigenvalue weighted by Crippen LogP contribution is -2.06. The van der Waals surface area contributed by atoms with E-state index >= 15 is 0 Å². The molecule has 1 N–H and O–H groups in total. The maximum absolute atomic E-state index is 4.50. The number of hydrogen-bond donors (Lipinski definition) is 1. The first kappa shape index (κ1) is 13.3. The fraction of sp³-hybridized carbons (Fsp3) is 0.200. The van der Waals surface area contributed by atoms with E-state index < -0.39 is 0 Å². The van der Waals surface area contributed by atoms with Crippen LogP contribution in [0, 0.1) is 6.92 Å². The summed E-state index contributed by atoms with van der Waals surface area (Å²) in [6.07, 6.45) is 0. The summed E-state index contributed by atoms with van der Waals surface area (Å²) in [5, 5.41) is 8.72. The largest absolute Gasteiger partial charge is 0.377 e. The minimum atomic E-state index is 0.216. The van der Waals surface area contributed by atoms with Gasteiger partial charge in [-0.3, -0.25) is 0 Å². The normalized spacial score (nSPS) is 12.3. The van der Waals surface area contributed by atoms with Gasteiger partial charge >= 0.3 is 0 Å². The molecular weight excluding hydrogens is 286 g/mol. The van der Waals surface area contributed by atoms with E-state index in [0.717, 1.165) is 27.6 Å². The van der Waals surface area contributed by atoms with Crippen molar-refractivity contribution in [2.24, 2.45) is 0 Å². The van der Waals surface area contributed by atoms with Gasteiger partial charge in [-0.2, -0.15) is 0 Å². The van der Waals surface area contributed by atoms with E-state index in [1.54, 1.807) is 22.7 Å². The Bertz CT molecular complexity index is 671. The molecule has 0 amide bonds. The van der Waals surface area contributed by atoms with E-state index in [1.165, 1.54) is 0 Å². The average Bonchev–Trinajstić information content (AvgIpc) is 3.10. The lowest BCUT2D eigenvalue weighted by atomic mass is 10.1. The highest BCUT2D eigenvalue weighted by molar-refractivity contribution is 7.09. The second kappa shape index (κ2) is 5.73. The van der Waals surface area contributed by atoms with Crippen molar-refractivity contribution in [2.45, 2.75) is 19.9 Å². The van der Waals surface area contributed by atoms with Crippen LogP contribution in [0.4, 0.5) is 5.69 Å². The number of benzene rings is 1. The standard InChI is InChI=1S/C15H15N3S2/c1-10(14-7-19-9-16-14)17-13-5-3-12(4-6-13)15-8-20-11(2)18-15/h3-10,17H,1-2H3. The zero-order valence-electron chi connectivity index (χ0n) is 11.3. The third-order valence-corrected chi connectivity index (χ3v) is 4.46. The van der Waals surface area contributed by atoms with Crippen LogP contribution in [0.1, 0.15) is 23.7 Å². The first-order valence-corrected chi connectivity index (χ1v) is 8.22. The molecule has 102 valence electrons. The molecule has 2 aromatic heterocycles. The van der Waals surface area contributed by atoms with Crippen molar-refractivity contribution in [1.82, 2.24) is 9.97 Å². The molecule has 20 heavy (non-hydrogen) atoms. The maximum Gasteiger partial charge on any atom is 0.0901 e. The molecule has 0 bridgehead atoms. The Labute approximate surface area is 126 Å². The summed E-state index contributed by atoms with van der Waals surface area (Å²) >= 11 is 3.30. The summed E-state index contributed by atoms with van der Waals surface area (Å²) in [7, 11) is 0. The Balaban J connectivity index is 1.73. The number of nitrogens with zero attached hydrogens (tertiary/aromatic N) is 2. The second-order valence-corrected chi connectivity index (χ2v) is 6.39. The van der Waals surface area contributed by atoms with Crippen LogP contribution in [-0.2, 0) is 0 Å². The molecule has 0 aliphatic rings. The van der Waals surface area contributed by atoms with E-state index in [-0.39, 0.29) is 6.04 Å². The van der Waals surface area contributed by atoms with Gasteiger partial charge in [-0.05, 0) is 26.0 Å². The van der Waals surface area contributed by atoms with Gasteiger partial charge in [-0.15, -0.1) is 22.7 Å². The summed E-state index contributed by atoms with van der Waals surface area (Å²) in [5.74, 6) is 0. The van der Waals surface area contributed by atoms with Gasteiger partial charge in [0, 0.05) is 22.0 Å². The summed E-state index contributed by atoms with van der Waals surface area (Å²) < 4.78 is 0. The monoisotopic (exact) mass is 301 g/mol. The Hall–Kier alpha value is -1.72. The fourth-order valence-corrected chi connectivity index (χ4v) is 3.26. The van der Waals surface area contributed by atoms with Crippen molar-refractivity contribution in [3.63, 3.8) is 0 Å². The molecular formula is C15H15N3S2. The van der Waals surface area contributed by atoms with Crippen LogP contribution in [0.2, 0.25) is 0 Å². The average molecular weight is 301 g/mol. The third kappa shape index (κ3) is 2.89. The highest BCUT2D eigenvalue weighted by atomic mass is 32.1. The number of thiazole rings is 2. The van der Waals surface area contributed by atoms with Crippen LogP contribution in [0.5, 0.6) is 0 Å². The number of aryl methyl sites for hydroxylation is 1. The van der Waals surface area contributed by atoms with E-state index in [2.05, 4.69) is 57.2 Å². The van der Waals surface area contributed by atoms with Crippen LogP contribution in [0.15, 0.2) is 40.5 Å². The maximum atomic E-state index is 4.50. The predicted molar refractivity (Wildman–Crippen MR) is 86.4 cm³/mol. The molecule has 0 saturated carbocycles. The van der Waals surface area contributed by atoms with Crippen molar-refractivity contribution >= 4 is 28.4 Å². The fourth-order valence-electron chi connectivity index (χ4n) is 1.99. The molecule has 0 fully saturated rings. The van der Waals surface area contributed by atoms with Crippen LogP contribution >= 0.6 is 22.7 Å². The van der Waals surface area contributed by atoms with E-state index in [1.807, 2.05) is 12.4 Å². The van der Waals surface area contributed by atoms with Crippen molar-refractivity contribution in [3.05, 3.63) is 51.2 Å². The zero-order valence-corrected chi connectivity index (χ0v) is 13.0. The molecule has 1 aromatic carbocycles. The number of aromatic nitrogens is 2. The van der Waals surface area contributed by atoms with Crippen molar-refractivity contribution in [2.75, 3.05) is 5.32 Å². The molecule has 0 spiro atoms. The molecule has 3 rings (SSSR count). The molecule has 0 radical (unpaired) electrons. The summed E-state index contributed by atoms with van der Waals surface area (Å²) in [6.45, 7) is 4.15. The molecule has 3 aromatic rings. The van der Waals surface area contributed by atoms with Crippen molar-refractivity contribution in [3.8, 4) is 11.3 Å². The number of nitrogens with one attached hydrogen (secondary N) is 1. The molecule has 1 unspecified atom stereocenters. The second-order valence-electron chi connectivity index (χ2n) is 4.61. The predicted octanol–water partition coefficient (Wildman–Crippen LogP) is 4.75. The quantitative estimate of drug-likeness (QED) is 0.755. The lowest BCUT2D eigenvalue weighted by Gasteiger charge is -2.13. The first-order valence-electron chi connectivity index (χ1n) is 6.39. The molecule has 2 heterocycles. The first-order chi connectivity index (χ1) is 9.72. The minimum Gasteiger partial charge on any atom is -0.377 e. The SMILES string of the molecule is Cc1nc(-c2ccc(NC(C)c3cscn3)cc2)cs1.